The van der Waals surface area contributed by atoms with Crippen LogP contribution in [0.15, 0.2) is 53.2 Å². The summed E-state index contributed by atoms with van der Waals surface area (Å²) in [4.78, 5) is 22.8. The van der Waals surface area contributed by atoms with Crippen molar-refractivity contribution in [3.63, 3.8) is 0 Å². The number of nitrogens with zero attached hydrogens (tertiary/aromatic N) is 3. The third kappa shape index (κ3) is 3.41. The number of hydrogen-bond acceptors (Lipinski definition) is 6. The topological polar surface area (TPSA) is 88.7 Å². The van der Waals surface area contributed by atoms with Crippen LogP contribution in [0, 0.1) is 0 Å². The molecular weight excluding hydrogens is 346 g/mol. The molecule has 1 aliphatic heterocycles. The average molecular weight is 365 g/mol. The van der Waals surface area contributed by atoms with Crippen LogP contribution in [-0.2, 0) is 17.7 Å². The molecule has 1 atom stereocenters. The third-order valence-electron chi connectivity index (χ3n) is 4.56. The number of carbonyl (C=O) groups is 1. The van der Waals surface area contributed by atoms with Gasteiger partial charge in [0.2, 0.25) is 5.89 Å². The summed E-state index contributed by atoms with van der Waals surface area (Å²) in [6.45, 7) is 0.859. The fourth-order valence-electron chi connectivity index (χ4n) is 3.24. The van der Waals surface area contributed by atoms with E-state index in [-0.39, 0.29) is 11.7 Å². The van der Waals surface area contributed by atoms with E-state index in [1.165, 1.54) is 18.5 Å². The van der Waals surface area contributed by atoms with Crippen LogP contribution in [0.5, 0.6) is 5.75 Å². The summed E-state index contributed by atoms with van der Waals surface area (Å²) in [5.41, 5.74) is 2.04. The summed E-state index contributed by atoms with van der Waals surface area (Å²) < 4.78 is 11.5. The van der Waals surface area contributed by atoms with E-state index in [2.05, 4.69) is 9.97 Å². The fraction of sp³-hybridized carbons (Fsp3) is 0.250. The highest BCUT2D eigenvalue weighted by Crippen LogP contribution is 2.29. The van der Waals surface area contributed by atoms with Gasteiger partial charge < -0.3 is 19.2 Å². The second kappa shape index (κ2) is 7.20. The Kier molecular flexibility index (Phi) is 4.60. The third-order valence-corrected chi connectivity index (χ3v) is 4.56. The summed E-state index contributed by atoms with van der Waals surface area (Å²) in [6.07, 6.45) is 2.92. The van der Waals surface area contributed by atoms with E-state index in [0.29, 0.717) is 31.0 Å². The van der Waals surface area contributed by atoms with E-state index < -0.39 is 6.10 Å². The molecule has 1 aromatic carbocycles. The van der Waals surface area contributed by atoms with Crippen molar-refractivity contribution in [2.75, 3.05) is 13.7 Å². The molecule has 1 unspecified atom stereocenters. The number of ether oxygens (including phenoxy) is 1. The van der Waals surface area contributed by atoms with E-state index in [1.54, 1.807) is 12.0 Å². The number of oxazole rings is 1. The number of pyridine rings is 1. The van der Waals surface area contributed by atoms with Gasteiger partial charge in [-0.1, -0.05) is 30.3 Å². The van der Waals surface area contributed by atoms with E-state index in [9.17, 15) is 9.90 Å². The zero-order valence-corrected chi connectivity index (χ0v) is 14.8. The first-order chi connectivity index (χ1) is 13.2. The van der Waals surface area contributed by atoms with Crippen LogP contribution in [0.2, 0.25) is 0 Å². The Hall–Kier alpha value is -3.19. The molecule has 0 saturated heterocycles. The minimum Gasteiger partial charge on any atom is -0.506 e. The molecule has 0 aliphatic carbocycles. The quantitative estimate of drug-likeness (QED) is 0.765. The molecule has 4 rings (SSSR count). The largest absolute Gasteiger partial charge is 0.506 e. The lowest BCUT2D eigenvalue weighted by molar-refractivity contribution is 0.0726. The zero-order valence-electron chi connectivity index (χ0n) is 14.8. The van der Waals surface area contributed by atoms with Crippen molar-refractivity contribution in [3.8, 4) is 5.75 Å². The highest BCUT2D eigenvalue weighted by molar-refractivity contribution is 5.94. The second-order valence-corrected chi connectivity index (χ2v) is 6.36. The molecular formula is C20H19N3O4. The highest BCUT2D eigenvalue weighted by atomic mass is 16.5. The van der Waals surface area contributed by atoms with Crippen molar-refractivity contribution in [2.24, 2.45) is 0 Å². The van der Waals surface area contributed by atoms with Gasteiger partial charge in [0, 0.05) is 26.3 Å². The number of amides is 1. The minimum atomic E-state index is -0.392. The summed E-state index contributed by atoms with van der Waals surface area (Å²) >= 11 is 0. The number of aromatic hydroxyl groups is 1. The van der Waals surface area contributed by atoms with Crippen LogP contribution in [0.4, 0.5) is 0 Å². The zero-order chi connectivity index (χ0) is 18.8. The maximum absolute atomic E-state index is 12.7. The Bertz CT molecular complexity index is 955. The molecule has 1 aliphatic rings. The van der Waals surface area contributed by atoms with Gasteiger partial charge in [-0.25, -0.2) is 4.98 Å². The predicted octanol–water partition coefficient (Wildman–Crippen LogP) is 2.71. The maximum atomic E-state index is 12.7. The van der Waals surface area contributed by atoms with Crippen LogP contribution >= 0.6 is 0 Å². The van der Waals surface area contributed by atoms with Gasteiger partial charge in [-0.15, -0.1) is 0 Å². The average Bonchev–Trinajstić information content (AvgIpc) is 3.11. The number of carbonyl (C=O) groups excluding carboxylic acids is 1. The Morgan fingerprint density at radius 2 is 2.11 bits per heavy atom. The minimum absolute atomic E-state index is 0.0342. The van der Waals surface area contributed by atoms with Gasteiger partial charge in [-0.05, 0) is 11.6 Å². The van der Waals surface area contributed by atoms with E-state index in [0.717, 1.165) is 17.0 Å². The predicted molar refractivity (Wildman–Crippen MR) is 96.1 cm³/mol. The Morgan fingerprint density at radius 1 is 1.30 bits per heavy atom. The van der Waals surface area contributed by atoms with Crippen molar-refractivity contribution in [3.05, 3.63) is 77.3 Å². The van der Waals surface area contributed by atoms with Crippen LogP contribution in [0.25, 0.3) is 0 Å². The van der Waals surface area contributed by atoms with Gasteiger partial charge in [-0.2, -0.15) is 0 Å². The Labute approximate surface area is 156 Å². The SMILES string of the molecule is COC(c1ccccc1)c1nc2c(o1)CCN(C(=O)c1cncc(O)c1)C2. The van der Waals surface area contributed by atoms with Gasteiger partial charge in [0.25, 0.3) is 5.91 Å². The molecule has 3 aromatic rings. The van der Waals surface area contributed by atoms with Gasteiger partial charge in [-0.3, -0.25) is 9.78 Å². The normalized spacial score (nSPS) is 14.6. The number of rotatable bonds is 4. The fourth-order valence-corrected chi connectivity index (χ4v) is 3.24. The van der Waals surface area contributed by atoms with Gasteiger partial charge in [0.05, 0.1) is 18.3 Å². The lowest BCUT2D eigenvalue weighted by atomic mass is 10.1. The van der Waals surface area contributed by atoms with E-state index >= 15 is 0 Å². The van der Waals surface area contributed by atoms with Gasteiger partial charge in [0.15, 0.2) is 6.10 Å². The first kappa shape index (κ1) is 17.2. The number of fused-ring (bicyclic) bond motifs is 1. The lowest BCUT2D eigenvalue weighted by Gasteiger charge is -2.25. The summed E-state index contributed by atoms with van der Waals surface area (Å²) in [6, 6.07) is 11.2. The van der Waals surface area contributed by atoms with Gasteiger partial charge in [0.1, 0.15) is 17.2 Å². The van der Waals surface area contributed by atoms with Crippen LogP contribution in [0.1, 0.15) is 39.4 Å². The van der Waals surface area contributed by atoms with Crippen LogP contribution in [-0.4, -0.2) is 39.5 Å². The smallest absolute Gasteiger partial charge is 0.255 e. The van der Waals surface area contributed by atoms with Crippen LogP contribution < -0.4 is 0 Å². The van der Waals surface area contributed by atoms with Crippen molar-refractivity contribution in [1.29, 1.82) is 0 Å². The molecule has 7 heteroatoms. The van der Waals surface area contributed by atoms with Crippen molar-refractivity contribution < 1.29 is 19.1 Å². The molecule has 2 aromatic heterocycles. The summed E-state index contributed by atoms with van der Waals surface area (Å²) in [7, 11) is 1.62. The lowest BCUT2D eigenvalue weighted by Crippen LogP contribution is -2.35. The molecule has 1 N–H and O–H groups in total. The number of aromatic nitrogens is 2. The molecule has 3 heterocycles. The van der Waals surface area contributed by atoms with E-state index in [1.807, 2.05) is 30.3 Å². The number of hydrogen-bond donors (Lipinski definition) is 1. The molecule has 138 valence electrons. The molecule has 7 nitrogen and oxygen atoms in total. The monoisotopic (exact) mass is 365 g/mol. The number of benzene rings is 1. The number of methoxy groups -OCH3 is 1. The molecule has 27 heavy (non-hydrogen) atoms. The summed E-state index contributed by atoms with van der Waals surface area (Å²) in [5.74, 6) is 1.04. The molecule has 0 fully saturated rings. The standard InChI is InChI=1S/C20H19N3O4/c1-26-18(13-5-3-2-4-6-13)19-22-16-12-23(8-7-17(16)27-19)20(25)14-9-15(24)11-21-10-14/h2-6,9-11,18,24H,7-8,12H2,1H3. The second-order valence-electron chi connectivity index (χ2n) is 6.36. The van der Waals surface area contributed by atoms with Crippen molar-refractivity contribution in [2.45, 2.75) is 19.1 Å². The Morgan fingerprint density at radius 3 is 2.85 bits per heavy atom. The molecule has 0 radical (unpaired) electrons. The molecule has 0 spiro atoms. The Balaban J connectivity index is 1.56. The maximum Gasteiger partial charge on any atom is 0.255 e. The van der Waals surface area contributed by atoms with Crippen molar-refractivity contribution in [1.82, 2.24) is 14.9 Å². The van der Waals surface area contributed by atoms with Crippen LogP contribution in [0.3, 0.4) is 0 Å². The van der Waals surface area contributed by atoms with E-state index in [4.69, 9.17) is 9.15 Å². The molecule has 0 bridgehead atoms. The summed E-state index contributed by atoms with van der Waals surface area (Å²) in [5, 5.41) is 9.54. The first-order valence-corrected chi connectivity index (χ1v) is 8.65. The molecule has 1 amide bonds. The highest BCUT2D eigenvalue weighted by Gasteiger charge is 2.29. The van der Waals surface area contributed by atoms with Gasteiger partial charge >= 0.3 is 0 Å². The first-order valence-electron chi connectivity index (χ1n) is 8.65. The van der Waals surface area contributed by atoms with Crippen molar-refractivity contribution >= 4 is 5.91 Å². The molecule has 0 saturated carbocycles.